The standard InChI is InChI=1S/2C2H5NOS.CHN/c2*1-4-2(3)5;1-2/h2*1H3,(H2,3,5);1H. The molecule has 0 aliphatic carbocycles. The Balaban J connectivity index is -0.000000112. The summed E-state index contributed by atoms with van der Waals surface area (Å²) in [6.07, 6.45) is 0. The molecule has 0 fully saturated rings. The summed E-state index contributed by atoms with van der Waals surface area (Å²) in [5.41, 5.74) is 9.60. The predicted octanol–water partition coefficient (Wildman–Crippen LogP) is -0.107. The van der Waals surface area contributed by atoms with Gasteiger partial charge in [-0.05, 0) is 24.4 Å². The van der Waals surface area contributed by atoms with Gasteiger partial charge in [-0.25, -0.2) is 5.26 Å². The normalized spacial score (nSPS) is 5.67. The van der Waals surface area contributed by atoms with E-state index in [1.165, 1.54) is 14.2 Å². The van der Waals surface area contributed by atoms with Crippen LogP contribution in [-0.4, -0.2) is 24.6 Å². The van der Waals surface area contributed by atoms with Crippen molar-refractivity contribution in [1.29, 1.82) is 5.26 Å². The molecule has 0 aromatic rings. The van der Waals surface area contributed by atoms with Gasteiger partial charge in [-0.15, -0.1) is 0 Å². The molecule has 0 radical (unpaired) electrons. The molecule has 0 unspecified atom stereocenters. The number of nitrogens with two attached hydrogens (primary N) is 2. The van der Waals surface area contributed by atoms with E-state index in [4.69, 9.17) is 16.7 Å². The van der Waals surface area contributed by atoms with Gasteiger partial charge in [-0.2, -0.15) is 0 Å². The van der Waals surface area contributed by atoms with Crippen molar-refractivity contribution in [2.75, 3.05) is 14.2 Å². The molecule has 0 aromatic heterocycles. The summed E-state index contributed by atoms with van der Waals surface area (Å²) in [5.74, 6) is 0. The second-order valence-corrected chi connectivity index (χ2v) is 1.85. The zero-order chi connectivity index (χ0) is 10.6. The first-order chi connectivity index (χ1) is 5.54. The van der Waals surface area contributed by atoms with E-state index in [1.807, 2.05) is 0 Å². The number of nitrogens with zero attached hydrogens (tertiary/aromatic N) is 1. The minimum atomic E-state index is 0.0880. The lowest BCUT2D eigenvalue weighted by molar-refractivity contribution is 0.408. The Kier molecular flexibility index (Phi) is 23.4. The van der Waals surface area contributed by atoms with Crippen LogP contribution >= 0.6 is 24.4 Å². The van der Waals surface area contributed by atoms with E-state index in [9.17, 15) is 0 Å². The van der Waals surface area contributed by atoms with Crippen molar-refractivity contribution in [3.8, 4) is 6.57 Å². The number of hydrogen-bond donors (Lipinski definition) is 2. The van der Waals surface area contributed by atoms with Gasteiger partial charge in [0.15, 0.2) is 0 Å². The van der Waals surface area contributed by atoms with E-state index < -0.39 is 0 Å². The summed E-state index contributed by atoms with van der Waals surface area (Å²) in [4.78, 5) is 0. The number of methoxy groups -OCH3 is 2. The first-order valence-corrected chi connectivity index (χ1v) is 3.29. The Hall–Kier alpha value is -1.13. The fourth-order valence-electron chi connectivity index (χ4n) is 0. The molecule has 0 bridgehead atoms. The quantitative estimate of drug-likeness (QED) is 0.538. The maximum absolute atomic E-state index is 6.50. The van der Waals surface area contributed by atoms with Crippen LogP contribution in [0.25, 0.3) is 0 Å². The molecule has 0 amide bonds. The van der Waals surface area contributed by atoms with Gasteiger partial charge in [0.05, 0.1) is 14.2 Å². The highest BCUT2D eigenvalue weighted by molar-refractivity contribution is 7.80. The minimum Gasteiger partial charge on any atom is -0.475 e. The Bertz CT molecular complexity index is 135. The molecule has 0 saturated carbocycles. The van der Waals surface area contributed by atoms with Gasteiger partial charge < -0.3 is 20.9 Å². The summed E-state index contributed by atoms with van der Waals surface area (Å²) in [7, 11) is 2.87. The number of hydrogen-bond acceptors (Lipinski definition) is 5. The molecule has 7 heteroatoms. The maximum Gasteiger partial charge on any atom is 0.253 e. The van der Waals surface area contributed by atoms with Crippen LogP contribution in [0.3, 0.4) is 0 Å². The predicted molar refractivity (Wildman–Crippen MR) is 54.3 cm³/mol. The van der Waals surface area contributed by atoms with E-state index in [0.717, 1.165) is 0 Å². The number of nitriles is 1. The smallest absolute Gasteiger partial charge is 0.253 e. The molecular formula is C5H11N3O2S2. The van der Waals surface area contributed by atoms with Crippen molar-refractivity contribution < 1.29 is 9.47 Å². The summed E-state index contributed by atoms with van der Waals surface area (Å²) in [6.45, 7) is 3.50. The van der Waals surface area contributed by atoms with Crippen LogP contribution in [0.2, 0.25) is 0 Å². The average Bonchev–Trinajstić information content (AvgIpc) is 2.09. The third kappa shape index (κ3) is 66.7. The van der Waals surface area contributed by atoms with Gasteiger partial charge in [-0.3, -0.25) is 0 Å². The number of ether oxygens (including phenoxy) is 2. The van der Waals surface area contributed by atoms with Crippen molar-refractivity contribution in [3.05, 3.63) is 0 Å². The third-order valence-corrected chi connectivity index (χ3v) is 0.736. The van der Waals surface area contributed by atoms with Gasteiger partial charge >= 0.3 is 0 Å². The van der Waals surface area contributed by atoms with Crippen molar-refractivity contribution >= 4 is 34.8 Å². The molecule has 0 aromatic carbocycles. The monoisotopic (exact) mass is 209 g/mol. The second kappa shape index (κ2) is 16.5. The Morgan fingerprint density at radius 3 is 1.17 bits per heavy atom. The number of rotatable bonds is 0. The Morgan fingerprint density at radius 2 is 1.17 bits per heavy atom. The third-order valence-electron chi connectivity index (χ3n) is 0.402. The lowest BCUT2D eigenvalue weighted by Crippen LogP contribution is -2.08. The summed E-state index contributed by atoms with van der Waals surface area (Å²) >= 11 is 8.50. The van der Waals surface area contributed by atoms with Crippen LogP contribution in [0, 0.1) is 11.8 Å². The summed E-state index contributed by atoms with van der Waals surface area (Å²) < 4.78 is 8.52. The van der Waals surface area contributed by atoms with E-state index in [1.54, 1.807) is 0 Å². The Labute approximate surface area is 82.2 Å². The van der Waals surface area contributed by atoms with Crippen LogP contribution in [0.15, 0.2) is 0 Å². The van der Waals surface area contributed by atoms with Crippen molar-refractivity contribution in [2.24, 2.45) is 11.5 Å². The molecule has 0 aliphatic heterocycles. The Morgan fingerprint density at radius 1 is 1.08 bits per heavy atom. The molecule has 70 valence electrons. The minimum absolute atomic E-state index is 0.0880. The van der Waals surface area contributed by atoms with Crippen molar-refractivity contribution in [3.63, 3.8) is 0 Å². The van der Waals surface area contributed by atoms with Crippen LogP contribution < -0.4 is 11.5 Å². The van der Waals surface area contributed by atoms with Gasteiger partial charge in [-0.1, -0.05) is 0 Å². The molecule has 12 heavy (non-hydrogen) atoms. The fourth-order valence-corrected chi connectivity index (χ4v) is 0. The topological polar surface area (TPSA) is 94.3 Å². The second-order valence-electron chi connectivity index (χ2n) is 1.05. The lowest BCUT2D eigenvalue weighted by atomic mass is 11.3. The highest BCUT2D eigenvalue weighted by atomic mass is 32.1. The summed E-state index contributed by atoms with van der Waals surface area (Å²) in [6, 6.07) is 0. The molecule has 5 nitrogen and oxygen atoms in total. The first-order valence-electron chi connectivity index (χ1n) is 2.47. The first kappa shape index (κ1) is 17.1. The van der Waals surface area contributed by atoms with Gasteiger partial charge in [0.25, 0.3) is 10.3 Å². The van der Waals surface area contributed by atoms with Crippen LogP contribution in [0.5, 0.6) is 0 Å². The van der Waals surface area contributed by atoms with E-state index >= 15 is 0 Å². The van der Waals surface area contributed by atoms with Crippen molar-refractivity contribution in [1.82, 2.24) is 0 Å². The zero-order valence-electron chi connectivity index (χ0n) is 6.81. The molecule has 0 spiro atoms. The molecule has 0 atom stereocenters. The SMILES string of the molecule is C#N.COC(N)=S.COC(N)=S. The molecule has 0 rings (SSSR count). The average molecular weight is 209 g/mol. The van der Waals surface area contributed by atoms with Gasteiger partial charge in [0.2, 0.25) is 0 Å². The van der Waals surface area contributed by atoms with E-state index in [0.29, 0.717) is 0 Å². The largest absolute Gasteiger partial charge is 0.475 e. The van der Waals surface area contributed by atoms with E-state index in [2.05, 4.69) is 40.5 Å². The lowest BCUT2D eigenvalue weighted by Gasteiger charge is -1.85. The van der Waals surface area contributed by atoms with Crippen molar-refractivity contribution in [2.45, 2.75) is 0 Å². The molecule has 4 N–H and O–H groups in total. The maximum atomic E-state index is 6.50. The molecule has 0 heterocycles. The molecular weight excluding hydrogens is 198 g/mol. The van der Waals surface area contributed by atoms with Gasteiger partial charge in [0, 0.05) is 6.57 Å². The van der Waals surface area contributed by atoms with Gasteiger partial charge in [0.1, 0.15) is 0 Å². The highest BCUT2D eigenvalue weighted by Crippen LogP contribution is 1.58. The van der Waals surface area contributed by atoms with Crippen LogP contribution in [0.4, 0.5) is 0 Å². The molecule has 0 aliphatic rings. The number of thiocarbonyl (C=S) groups is 2. The van der Waals surface area contributed by atoms with Crippen LogP contribution in [-0.2, 0) is 9.47 Å². The van der Waals surface area contributed by atoms with Crippen LogP contribution in [0.1, 0.15) is 0 Å². The zero-order valence-corrected chi connectivity index (χ0v) is 8.45. The van der Waals surface area contributed by atoms with E-state index in [-0.39, 0.29) is 10.3 Å². The molecule has 0 saturated heterocycles. The highest BCUT2D eigenvalue weighted by Gasteiger charge is 1.69. The summed E-state index contributed by atoms with van der Waals surface area (Å²) in [5, 5.41) is 6.68. The fraction of sp³-hybridized carbons (Fsp3) is 0.400.